The molecule has 1 heterocycles. The van der Waals surface area contributed by atoms with Gasteiger partial charge in [0.2, 0.25) is 0 Å². The number of aromatic nitrogens is 1. The van der Waals surface area contributed by atoms with Gasteiger partial charge in [0.1, 0.15) is 5.82 Å². The summed E-state index contributed by atoms with van der Waals surface area (Å²) in [5.74, 6) is 0.553. The molecule has 0 bridgehead atoms. The molecule has 5 nitrogen and oxygen atoms in total. The van der Waals surface area contributed by atoms with Crippen molar-refractivity contribution in [2.75, 3.05) is 11.9 Å². The lowest BCUT2D eigenvalue weighted by molar-refractivity contribution is 0.204. The van der Waals surface area contributed by atoms with Crippen LogP contribution in [0.25, 0.3) is 0 Å². The lowest BCUT2D eigenvalue weighted by Crippen LogP contribution is -2.41. The van der Waals surface area contributed by atoms with Crippen molar-refractivity contribution in [3.05, 3.63) is 23.4 Å². The molecule has 2 amide bonds. The number of anilines is 1. The zero-order valence-corrected chi connectivity index (χ0v) is 11.3. The first kappa shape index (κ1) is 14.4. The second-order valence-electron chi connectivity index (χ2n) is 4.72. The van der Waals surface area contributed by atoms with Crippen molar-refractivity contribution in [2.24, 2.45) is 5.92 Å². The zero-order chi connectivity index (χ0) is 13.7. The number of aliphatic hydroxyl groups excluding tert-OH is 1. The van der Waals surface area contributed by atoms with Gasteiger partial charge in [-0.1, -0.05) is 6.92 Å². The fourth-order valence-corrected chi connectivity index (χ4v) is 1.56. The maximum atomic E-state index is 11.7. The Morgan fingerprint density at radius 3 is 2.61 bits per heavy atom. The molecule has 1 aromatic rings. The van der Waals surface area contributed by atoms with Crippen LogP contribution in [-0.4, -0.2) is 28.8 Å². The zero-order valence-electron chi connectivity index (χ0n) is 11.3. The molecule has 2 atom stereocenters. The first-order valence-corrected chi connectivity index (χ1v) is 6.06. The average molecular weight is 251 g/mol. The molecule has 3 N–H and O–H groups in total. The molecule has 0 saturated carbocycles. The van der Waals surface area contributed by atoms with E-state index in [0.717, 1.165) is 11.3 Å². The van der Waals surface area contributed by atoms with Gasteiger partial charge in [0.25, 0.3) is 0 Å². The van der Waals surface area contributed by atoms with E-state index in [9.17, 15) is 4.79 Å². The van der Waals surface area contributed by atoms with Crippen molar-refractivity contribution < 1.29 is 9.90 Å². The maximum absolute atomic E-state index is 11.7. The maximum Gasteiger partial charge on any atom is 0.320 e. The van der Waals surface area contributed by atoms with Gasteiger partial charge >= 0.3 is 6.03 Å². The Morgan fingerprint density at radius 1 is 1.39 bits per heavy atom. The van der Waals surface area contributed by atoms with Crippen LogP contribution in [0.5, 0.6) is 0 Å². The molecule has 0 radical (unpaired) electrons. The van der Waals surface area contributed by atoms with E-state index in [4.69, 9.17) is 5.11 Å². The van der Waals surface area contributed by atoms with Gasteiger partial charge in [0.05, 0.1) is 0 Å². The van der Waals surface area contributed by atoms with E-state index in [1.807, 2.05) is 39.8 Å². The summed E-state index contributed by atoms with van der Waals surface area (Å²) in [7, 11) is 0. The topological polar surface area (TPSA) is 74.2 Å². The number of carbonyl (C=O) groups excluding carboxylic acids is 1. The van der Waals surface area contributed by atoms with Crippen LogP contribution in [0.15, 0.2) is 12.1 Å². The highest BCUT2D eigenvalue weighted by Gasteiger charge is 2.14. The van der Waals surface area contributed by atoms with Gasteiger partial charge in [-0.25, -0.2) is 9.78 Å². The van der Waals surface area contributed by atoms with Crippen molar-refractivity contribution in [1.82, 2.24) is 10.3 Å². The summed E-state index contributed by atoms with van der Waals surface area (Å²) in [4.78, 5) is 15.9. The quantitative estimate of drug-likeness (QED) is 0.764. The summed E-state index contributed by atoms with van der Waals surface area (Å²) in [5.41, 5.74) is 1.91. The molecule has 5 heteroatoms. The lowest BCUT2D eigenvalue weighted by atomic mass is 10.1. The molecule has 0 aliphatic rings. The van der Waals surface area contributed by atoms with E-state index in [2.05, 4.69) is 15.6 Å². The SMILES string of the molecule is Cc1cc(C)nc(NC(=O)N[C@@H](C)[C@H](C)CO)c1. The standard InChI is InChI=1S/C13H21N3O2/c1-8-5-10(3)14-12(6-8)16-13(18)15-11(4)9(2)7-17/h5-6,9,11,17H,7H2,1-4H3,(H2,14,15,16,18)/t9-,11+/m1/s1. The highest BCUT2D eigenvalue weighted by molar-refractivity contribution is 5.88. The number of hydrogen-bond acceptors (Lipinski definition) is 3. The third-order valence-corrected chi connectivity index (χ3v) is 2.84. The first-order valence-electron chi connectivity index (χ1n) is 6.06. The minimum absolute atomic E-state index is 0.0166. The summed E-state index contributed by atoms with van der Waals surface area (Å²) in [6, 6.07) is 3.35. The van der Waals surface area contributed by atoms with E-state index in [1.165, 1.54) is 0 Å². The number of aryl methyl sites for hydroxylation is 2. The van der Waals surface area contributed by atoms with Gasteiger partial charge in [-0.2, -0.15) is 0 Å². The Kier molecular flexibility index (Phi) is 5.09. The molecule has 0 aliphatic heterocycles. The summed E-state index contributed by atoms with van der Waals surface area (Å²) >= 11 is 0. The van der Waals surface area contributed by atoms with Gasteiger partial charge in [-0.3, -0.25) is 5.32 Å². The Bertz CT molecular complexity index is 400. The molecule has 18 heavy (non-hydrogen) atoms. The molecular weight excluding hydrogens is 230 g/mol. The van der Waals surface area contributed by atoms with E-state index >= 15 is 0 Å². The van der Waals surface area contributed by atoms with Crippen LogP contribution in [0.3, 0.4) is 0 Å². The third-order valence-electron chi connectivity index (χ3n) is 2.84. The van der Waals surface area contributed by atoms with Crippen LogP contribution >= 0.6 is 0 Å². The molecule has 1 aromatic heterocycles. The molecular formula is C13H21N3O2. The number of hydrogen-bond donors (Lipinski definition) is 3. The molecule has 0 fully saturated rings. The fraction of sp³-hybridized carbons (Fsp3) is 0.538. The fourth-order valence-electron chi connectivity index (χ4n) is 1.56. The normalized spacial score (nSPS) is 13.8. The van der Waals surface area contributed by atoms with Gasteiger partial charge in [0.15, 0.2) is 0 Å². The molecule has 100 valence electrons. The average Bonchev–Trinajstić information content (AvgIpc) is 2.25. The number of nitrogens with zero attached hydrogens (tertiary/aromatic N) is 1. The number of pyridine rings is 1. The van der Waals surface area contributed by atoms with Crippen molar-refractivity contribution in [2.45, 2.75) is 33.7 Å². The minimum Gasteiger partial charge on any atom is -0.396 e. The van der Waals surface area contributed by atoms with Crippen molar-refractivity contribution in [1.29, 1.82) is 0 Å². The van der Waals surface area contributed by atoms with Crippen LogP contribution in [-0.2, 0) is 0 Å². The molecule has 0 spiro atoms. The van der Waals surface area contributed by atoms with Gasteiger partial charge < -0.3 is 10.4 Å². The number of nitrogens with one attached hydrogen (secondary N) is 2. The van der Waals surface area contributed by atoms with E-state index < -0.39 is 0 Å². The summed E-state index contributed by atoms with van der Waals surface area (Å²) in [6.45, 7) is 7.61. The smallest absolute Gasteiger partial charge is 0.320 e. The van der Waals surface area contributed by atoms with Crippen LogP contribution in [0, 0.1) is 19.8 Å². The van der Waals surface area contributed by atoms with Crippen LogP contribution in [0.1, 0.15) is 25.1 Å². The Morgan fingerprint density at radius 2 is 2.06 bits per heavy atom. The summed E-state index contributed by atoms with van der Waals surface area (Å²) in [6.07, 6.45) is 0. The van der Waals surface area contributed by atoms with Crippen LogP contribution in [0.2, 0.25) is 0 Å². The van der Waals surface area contributed by atoms with Crippen molar-refractivity contribution >= 4 is 11.8 Å². The Hall–Kier alpha value is -1.62. The number of rotatable bonds is 4. The number of carbonyl (C=O) groups is 1. The van der Waals surface area contributed by atoms with Gasteiger partial charge in [-0.05, 0) is 44.4 Å². The highest BCUT2D eigenvalue weighted by atomic mass is 16.3. The Labute approximate surface area is 108 Å². The Balaban J connectivity index is 2.59. The summed E-state index contributed by atoms with van der Waals surface area (Å²) < 4.78 is 0. The largest absolute Gasteiger partial charge is 0.396 e. The summed E-state index contributed by atoms with van der Waals surface area (Å²) in [5, 5.41) is 14.5. The second kappa shape index (κ2) is 6.35. The van der Waals surface area contributed by atoms with Crippen molar-refractivity contribution in [3.8, 4) is 0 Å². The number of amides is 2. The molecule has 0 aromatic carbocycles. The number of urea groups is 1. The molecule has 1 rings (SSSR count). The number of aliphatic hydroxyl groups is 1. The predicted molar refractivity (Wildman–Crippen MR) is 71.6 cm³/mol. The van der Waals surface area contributed by atoms with Crippen LogP contribution < -0.4 is 10.6 Å². The van der Waals surface area contributed by atoms with E-state index in [1.54, 1.807) is 0 Å². The third kappa shape index (κ3) is 4.33. The van der Waals surface area contributed by atoms with E-state index in [-0.39, 0.29) is 24.6 Å². The first-order chi connectivity index (χ1) is 8.42. The minimum atomic E-state index is -0.305. The highest BCUT2D eigenvalue weighted by Crippen LogP contribution is 2.09. The molecule has 0 aliphatic carbocycles. The monoisotopic (exact) mass is 251 g/mol. The van der Waals surface area contributed by atoms with E-state index in [0.29, 0.717) is 5.82 Å². The van der Waals surface area contributed by atoms with Gasteiger partial charge in [-0.15, -0.1) is 0 Å². The second-order valence-corrected chi connectivity index (χ2v) is 4.72. The lowest BCUT2D eigenvalue weighted by Gasteiger charge is -2.19. The van der Waals surface area contributed by atoms with Gasteiger partial charge in [0, 0.05) is 18.3 Å². The molecule has 0 unspecified atom stereocenters. The van der Waals surface area contributed by atoms with Crippen molar-refractivity contribution in [3.63, 3.8) is 0 Å². The predicted octanol–water partition coefficient (Wildman–Crippen LogP) is 1.84. The molecule has 0 saturated heterocycles. The van der Waals surface area contributed by atoms with Crippen LogP contribution in [0.4, 0.5) is 10.6 Å².